The van der Waals surface area contributed by atoms with Gasteiger partial charge in [-0.25, -0.2) is 4.79 Å². The van der Waals surface area contributed by atoms with Crippen LogP contribution < -0.4 is 5.32 Å². The van der Waals surface area contributed by atoms with Gasteiger partial charge in [0.05, 0.1) is 17.6 Å². The number of aryl methyl sites for hydroxylation is 1. The van der Waals surface area contributed by atoms with E-state index in [1.807, 2.05) is 6.92 Å². The van der Waals surface area contributed by atoms with Gasteiger partial charge in [0.25, 0.3) is 0 Å². The molecular formula is C20H26N2O5S. The second-order valence-corrected chi connectivity index (χ2v) is 8.78. The van der Waals surface area contributed by atoms with Crippen LogP contribution in [0.15, 0.2) is 0 Å². The summed E-state index contributed by atoms with van der Waals surface area (Å²) in [7, 11) is 0. The fraction of sp³-hybridized carbons (Fsp3) is 0.600. The maximum absolute atomic E-state index is 12.9. The molecule has 1 aromatic rings. The molecule has 0 unspecified atom stereocenters. The SMILES string of the molecule is CCOC(=O)c1c(NC(=O)CN2C(=O)CC3(CCCCC3)C2=O)sc(C)c1C. The third-order valence-corrected chi connectivity index (χ3v) is 6.84. The third-order valence-electron chi connectivity index (χ3n) is 5.72. The zero-order valence-electron chi connectivity index (χ0n) is 16.6. The summed E-state index contributed by atoms with van der Waals surface area (Å²) in [5.74, 6) is -1.49. The molecule has 0 aromatic carbocycles. The van der Waals surface area contributed by atoms with Crippen molar-refractivity contribution >= 4 is 40.0 Å². The lowest BCUT2D eigenvalue weighted by Crippen LogP contribution is -2.41. The molecule has 1 saturated heterocycles. The fourth-order valence-electron chi connectivity index (χ4n) is 4.11. The van der Waals surface area contributed by atoms with E-state index in [1.165, 1.54) is 11.3 Å². The largest absolute Gasteiger partial charge is 0.462 e. The number of nitrogens with one attached hydrogen (secondary N) is 1. The Morgan fingerprint density at radius 2 is 1.86 bits per heavy atom. The van der Waals surface area contributed by atoms with E-state index in [2.05, 4.69) is 5.32 Å². The van der Waals surface area contributed by atoms with Crippen molar-refractivity contribution in [2.24, 2.45) is 5.41 Å². The average Bonchev–Trinajstić information content (AvgIpc) is 3.04. The Labute approximate surface area is 168 Å². The lowest BCUT2D eigenvalue weighted by atomic mass is 9.73. The molecule has 2 aliphatic rings. The van der Waals surface area contributed by atoms with E-state index in [0.717, 1.165) is 34.6 Å². The van der Waals surface area contributed by atoms with E-state index >= 15 is 0 Å². The van der Waals surface area contributed by atoms with Gasteiger partial charge in [0.1, 0.15) is 11.5 Å². The van der Waals surface area contributed by atoms with Crippen molar-refractivity contribution in [2.75, 3.05) is 18.5 Å². The van der Waals surface area contributed by atoms with Gasteiger partial charge in [0, 0.05) is 11.3 Å². The third kappa shape index (κ3) is 3.70. The molecular weight excluding hydrogens is 380 g/mol. The maximum atomic E-state index is 12.9. The molecule has 0 radical (unpaired) electrons. The number of likely N-dealkylation sites (tertiary alicyclic amines) is 1. The summed E-state index contributed by atoms with van der Waals surface area (Å²) in [6.45, 7) is 5.29. The number of carbonyl (C=O) groups excluding carboxylic acids is 4. The summed E-state index contributed by atoms with van der Waals surface area (Å²) in [6, 6.07) is 0. The van der Waals surface area contributed by atoms with E-state index in [4.69, 9.17) is 4.74 Å². The molecule has 0 bridgehead atoms. The Balaban J connectivity index is 1.73. The number of thiophene rings is 1. The van der Waals surface area contributed by atoms with Crippen LogP contribution in [-0.2, 0) is 19.1 Å². The summed E-state index contributed by atoms with van der Waals surface area (Å²) in [5, 5.41) is 3.10. The summed E-state index contributed by atoms with van der Waals surface area (Å²) < 4.78 is 5.08. The second-order valence-electron chi connectivity index (χ2n) is 7.56. The molecule has 3 amide bonds. The molecule has 8 heteroatoms. The zero-order chi connectivity index (χ0) is 20.5. The van der Waals surface area contributed by atoms with Crippen LogP contribution in [-0.4, -0.2) is 41.7 Å². The van der Waals surface area contributed by atoms with Crippen molar-refractivity contribution in [3.05, 3.63) is 16.0 Å². The molecule has 152 valence electrons. The Morgan fingerprint density at radius 3 is 2.50 bits per heavy atom. The highest BCUT2D eigenvalue weighted by Crippen LogP contribution is 2.45. The number of rotatable bonds is 5. The van der Waals surface area contributed by atoms with Crippen molar-refractivity contribution < 1.29 is 23.9 Å². The second kappa shape index (κ2) is 8.03. The van der Waals surface area contributed by atoms with Gasteiger partial charge >= 0.3 is 5.97 Å². The summed E-state index contributed by atoms with van der Waals surface area (Å²) in [5.41, 5.74) is 0.482. The number of imide groups is 1. The van der Waals surface area contributed by atoms with Crippen LogP contribution in [0.2, 0.25) is 0 Å². The first-order valence-electron chi connectivity index (χ1n) is 9.71. The molecule has 1 spiro atoms. The number of nitrogens with zero attached hydrogens (tertiary/aromatic N) is 1. The van der Waals surface area contributed by atoms with Gasteiger partial charge in [0.15, 0.2) is 0 Å². The van der Waals surface area contributed by atoms with Crippen molar-refractivity contribution in [1.29, 1.82) is 0 Å². The topological polar surface area (TPSA) is 92.8 Å². The van der Waals surface area contributed by atoms with E-state index in [1.54, 1.807) is 13.8 Å². The van der Waals surface area contributed by atoms with Crippen molar-refractivity contribution in [3.63, 3.8) is 0 Å². The van der Waals surface area contributed by atoms with Crippen molar-refractivity contribution in [3.8, 4) is 0 Å². The predicted molar refractivity (Wildman–Crippen MR) is 105 cm³/mol. The van der Waals surface area contributed by atoms with E-state index in [9.17, 15) is 19.2 Å². The van der Waals surface area contributed by atoms with Crippen LogP contribution in [0, 0.1) is 19.3 Å². The maximum Gasteiger partial charge on any atom is 0.341 e. The molecule has 1 N–H and O–H groups in total. The Kier molecular flexibility index (Phi) is 5.88. The molecule has 2 heterocycles. The Bertz CT molecular complexity index is 823. The van der Waals surface area contributed by atoms with Crippen LogP contribution in [0.1, 0.15) is 66.2 Å². The minimum Gasteiger partial charge on any atom is -0.462 e. The van der Waals surface area contributed by atoms with Gasteiger partial charge in [0.2, 0.25) is 17.7 Å². The minimum atomic E-state index is -0.609. The fourth-order valence-corrected chi connectivity index (χ4v) is 5.18. The van der Waals surface area contributed by atoms with Gasteiger partial charge < -0.3 is 10.1 Å². The van der Waals surface area contributed by atoms with E-state index < -0.39 is 17.3 Å². The smallest absolute Gasteiger partial charge is 0.341 e. The van der Waals surface area contributed by atoms with Gasteiger partial charge in [-0.15, -0.1) is 11.3 Å². The number of hydrogen-bond acceptors (Lipinski definition) is 6. The van der Waals surface area contributed by atoms with Gasteiger partial charge in [-0.2, -0.15) is 0 Å². The van der Waals surface area contributed by atoms with Crippen LogP contribution >= 0.6 is 11.3 Å². The summed E-state index contributed by atoms with van der Waals surface area (Å²) in [6.07, 6.45) is 4.59. The van der Waals surface area contributed by atoms with Crippen LogP contribution in [0.4, 0.5) is 5.00 Å². The molecule has 1 saturated carbocycles. The number of carbonyl (C=O) groups is 4. The molecule has 2 fully saturated rings. The van der Waals surface area contributed by atoms with E-state index in [-0.39, 0.29) is 31.4 Å². The molecule has 1 aliphatic heterocycles. The monoisotopic (exact) mass is 406 g/mol. The molecule has 0 atom stereocenters. The molecule has 1 aromatic heterocycles. The average molecular weight is 407 g/mol. The normalized spacial score (nSPS) is 18.6. The highest BCUT2D eigenvalue weighted by Gasteiger charge is 2.51. The van der Waals surface area contributed by atoms with Gasteiger partial charge in [-0.3, -0.25) is 19.3 Å². The first kappa shape index (κ1) is 20.5. The van der Waals surface area contributed by atoms with Crippen molar-refractivity contribution in [2.45, 2.75) is 59.3 Å². The number of hydrogen-bond donors (Lipinski definition) is 1. The predicted octanol–water partition coefficient (Wildman–Crippen LogP) is 3.19. The van der Waals surface area contributed by atoms with E-state index in [0.29, 0.717) is 23.4 Å². The Hall–Kier alpha value is -2.22. The number of esters is 1. The van der Waals surface area contributed by atoms with Crippen molar-refractivity contribution in [1.82, 2.24) is 4.90 Å². The molecule has 28 heavy (non-hydrogen) atoms. The quantitative estimate of drug-likeness (QED) is 0.599. The van der Waals surface area contributed by atoms with Crippen LogP contribution in [0.3, 0.4) is 0 Å². The van der Waals surface area contributed by atoms with Crippen LogP contribution in [0.5, 0.6) is 0 Å². The lowest BCUT2D eigenvalue weighted by molar-refractivity contribution is -0.144. The zero-order valence-corrected chi connectivity index (χ0v) is 17.4. The highest BCUT2D eigenvalue weighted by atomic mass is 32.1. The molecule has 1 aliphatic carbocycles. The molecule has 3 rings (SSSR count). The van der Waals surface area contributed by atoms with Crippen LogP contribution in [0.25, 0.3) is 0 Å². The lowest BCUT2D eigenvalue weighted by Gasteiger charge is -2.30. The van der Waals surface area contributed by atoms with Gasteiger partial charge in [-0.05, 0) is 39.2 Å². The Morgan fingerprint density at radius 1 is 1.18 bits per heavy atom. The molecule has 7 nitrogen and oxygen atoms in total. The first-order valence-corrected chi connectivity index (χ1v) is 10.5. The van der Waals surface area contributed by atoms with Gasteiger partial charge in [-0.1, -0.05) is 19.3 Å². The summed E-state index contributed by atoms with van der Waals surface area (Å²) >= 11 is 1.28. The summed E-state index contributed by atoms with van der Waals surface area (Å²) in [4.78, 5) is 52.1. The number of amides is 3. The number of ether oxygens (including phenoxy) is 1. The highest BCUT2D eigenvalue weighted by molar-refractivity contribution is 7.16. The first-order chi connectivity index (χ1) is 13.3. The number of anilines is 1. The standard InChI is InChI=1S/C20H26N2O5S/c1-4-27-18(25)16-12(2)13(3)28-17(16)21-14(23)11-22-15(24)10-20(19(22)26)8-6-5-7-9-20/h4-11H2,1-3H3,(H,21,23). The minimum absolute atomic E-state index is 0.199.